The van der Waals surface area contributed by atoms with Gasteiger partial charge in [0.1, 0.15) is 5.60 Å². The summed E-state index contributed by atoms with van der Waals surface area (Å²) in [7, 11) is 0. The molecule has 2 aliphatic rings. The van der Waals surface area contributed by atoms with E-state index >= 15 is 0 Å². The Morgan fingerprint density at radius 3 is 2.94 bits per heavy atom. The van der Waals surface area contributed by atoms with E-state index in [9.17, 15) is 4.79 Å². The van der Waals surface area contributed by atoms with Crippen LogP contribution in [0.2, 0.25) is 0 Å². The maximum absolute atomic E-state index is 12.4. The number of alkyl halides is 1. The fourth-order valence-electron chi connectivity index (χ4n) is 2.75. The molecule has 0 aromatic heterocycles. The minimum Gasteiger partial charge on any atom is -0.365 e. The van der Waals surface area contributed by atoms with Crippen molar-refractivity contribution in [1.82, 2.24) is 4.90 Å². The van der Waals surface area contributed by atoms with Crippen molar-refractivity contribution in [3.63, 3.8) is 0 Å². The molecule has 0 aliphatic carbocycles. The van der Waals surface area contributed by atoms with Gasteiger partial charge in [-0.2, -0.15) is 0 Å². The first kappa shape index (κ1) is 12.2. The van der Waals surface area contributed by atoms with Crippen molar-refractivity contribution in [2.24, 2.45) is 5.92 Å². The molecule has 0 aromatic rings. The molecule has 0 N–H and O–H groups in total. The van der Waals surface area contributed by atoms with Crippen LogP contribution in [0.1, 0.15) is 33.1 Å². The van der Waals surface area contributed by atoms with Crippen LogP contribution in [0.3, 0.4) is 0 Å². The average Bonchev–Trinajstić information content (AvgIpc) is 2.84. The third-order valence-corrected chi connectivity index (χ3v) is 4.29. The van der Waals surface area contributed by atoms with Gasteiger partial charge in [0, 0.05) is 25.1 Å². The van der Waals surface area contributed by atoms with E-state index in [1.807, 2.05) is 11.8 Å². The van der Waals surface area contributed by atoms with E-state index in [1.54, 1.807) is 0 Å². The third kappa shape index (κ3) is 1.95. The molecule has 2 fully saturated rings. The van der Waals surface area contributed by atoms with Gasteiger partial charge in [-0.25, -0.2) is 0 Å². The molecule has 0 saturated carbocycles. The molecule has 3 atom stereocenters. The van der Waals surface area contributed by atoms with Gasteiger partial charge in [0.2, 0.25) is 0 Å². The number of amides is 1. The van der Waals surface area contributed by atoms with Crippen LogP contribution in [0.5, 0.6) is 0 Å². The maximum atomic E-state index is 12.4. The highest BCUT2D eigenvalue weighted by atomic mass is 35.5. The van der Waals surface area contributed by atoms with Crippen molar-refractivity contribution in [3.05, 3.63) is 0 Å². The summed E-state index contributed by atoms with van der Waals surface area (Å²) in [6.07, 6.45) is 2.88. The molecule has 2 heterocycles. The average molecular weight is 246 g/mol. The van der Waals surface area contributed by atoms with E-state index < -0.39 is 5.60 Å². The first-order valence-corrected chi connectivity index (χ1v) is 6.63. The first-order valence-electron chi connectivity index (χ1n) is 6.09. The van der Waals surface area contributed by atoms with Crippen LogP contribution in [0, 0.1) is 5.92 Å². The number of likely N-dealkylation sites (tertiary alicyclic amines) is 1. The molecule has 3 nitrogen and oxygen atoms in total. The van der Waals surface area contributed by atoms with Gasteiger partial charge in [-0.05, 0) is 32.1 Å². The molecule has 1 amide bonds. The highest BCUT2D eigenvalue weighted by molar-refractivity contribution is 6.18. The van der Waals surface area contributed by atoms with Gasteiger partial charge in [0.15, 0.2) is 0 Å². The highest BCUT2D eigenvalue weighted by Gasteiger charge is 2.45. The van der Waals surface area contributed by atoms with Gasteiger partial charge in [-0.15, -0.1) is 11.6 Å². The molecule has 0 radical (unpaired) electrons. The summed E-state index contributed by atoms with van der Waals surface area (Å²) >= 11 is 5.96. The van der Waals surface area contributed by atoms with Gasteiger partial charge in [-0.3, -0.25) is 4.79 Å². The molecule has 2 aliphatic heterocycles. The van der Waals surface area contributed by atoms with Crippen LogP contribution in [0.15, 0.2) is 0 Å². The molecular weight excluding hydrogens is 226 g/mol. The van der Waals surface area contributed by atoms with Crippen molar-refractivity contribution in [3.8, 4) is 0 Å². The Labute approximate surface area is 102 Å². The lowest BCUT2D eigenvalue weighted by atomic mass is 9.99. The lowest BCUT2D eigenvalue weighted by Crippen LogP contribution is -2.50. The van der Waals surface area contributed by atoms with Gasteiger partial charge < -0.3 is 9.64 Å². The molecule has 92 valence electrons. The minimum absolute atomic E-state index is 0.139. The fraction of sp³-hybridized carbons (Fsp3) is 0.917. The molecule has 0 bridgehead atoms. The Balaban J connectivity index is 2.09. The van der Waals surface area contributed by atoms with Gasteiger partial charge >= 0.3 is 0 Å². The normalized spacial score (nSPS) is 39.3. The van der Waals surface area contributed by atoms with E-state index in [-0.39, 0.29) is 11.9 Å². The fourth-order valence-corrected chi connectivity index (χ4v) is 3.22. The van der Waals surface area contributed by atoms with Crippen LogP contribution >= 0.6 is 11.6 Å². The number of ether oxygens (including phenoxy) is 1. The Bertz CT molecular complexity index is 276. The summed E-state index contributed by atoms with van der Waals surface area (Å²) < 4.78 is 5.61. The maximum Gasteiger partial charge on any atom is 0.254 e. The van der Waals surface area contributed by atoms with Crippen molar-refractivity contribution in [2.45, 2.75) is 44.8 Å². The largest absolute Gasteiger partial charge is 0.365 e. The summed E-state index contributed by atoms with van der Waals surface area (Å²) in [6.45, 7) is 5.61. The Kier molecular flexibility index (Phi) is 3.45. The van der Waals surface area contributed by atoms with E-state index in [2.05, 4.69) is 6.92 Å². The van der Waals surface area contributed by atoms with E-state index in [0.29, 0.717) is 18.4 Å². The Hall–Kier alpha value is -0.280. The number of hydrogen-bond acceptors (Lipinski definition) is 2. The minimum atomic E-state index is -0.589. The van der Waals surface area contributed by atoms with Gasteiger partial charge in [-0.1, -0.05) is 6.92 Å². The summed E-state index contributed by atoms with van der Waals surface area (Å²) in [4.78, 5) is 14.4. The summed E-state index contributed by atoms with van der Waals surface area (Å²) in [5, 5.41) is 0. The summed E-state index contributed by atoms with van der Waals surface area (Å²) in [5.74, 6) is 1.18. The molecule has 2 rings (SSSR count). The summed E-state index contributed by atoms with van der Waals surface area (Å²) in [6, 6.07) is 0.190. The Morgan fingerprint density at radius 1 is 1.62 bits per heavy atom. The van der Waals surface area contributed by atoms with Crippen LogP contribution in [0.4, 0.5) is 0 Å². The highest BCUT2D eigenvalue weighted by Crippen LogP contribution is 2.32. The van der Waals surface area contributed by atoms with Crippen molar-refractivity contribution in [1.29, 1.82) is 0 Å². The molecule has 0 spiro atoms. The number of hydrogen-bond donors (Lipinski definition) is 0. The van der Waals surface area contributed by atoms with Crippen LogP contribution in [-0.4, -0.2) is 41.5 Å². The van der Waals surface area contributed by atoms with Gasteiger partial charge in [0.05, 0.1) is 0 Å². The Morgan fingerprint density at radius 2 is 2.38 bits per heavy atom. The van der Waals surface area contributed by atoms with Crippen LogP contribution in [-0.2, 0) is 9.53 Å². The first-order chi connectivity index (χ1) is 7.58. The van der Waals surface area contributed by atoms with Crippen molar-refractivity contribution < 1.29 is 9.53 Å². The second kappa shape index (κ2) is 4.53. The number of carbonyl (C=O) groups is 1. The van der Waals surface area contributed by atoms with Crippen LogP contribution < -0.4 is 0 Å². The second-order valence-corrected chi connectivity index (χ2v) is 5.48. The quantitative estimate of drug-likeness (QED) is 0.697. The molecular formula is C12H20ClNO2. The zero-order valence-electron chi connectivity index (χ0n) is 10.0. The van der Waals surface area contributed by atoms with E-state index in [0.717, 1.165) is 25.8 Å². The topological polar surface area (TPSA) is 29.5 Å². The SMILES string of the molecule is CC1CCN(C(=O)C2(C)CCCO2)C1CCl. The molecule has 4 heteroatoms. The number of halogens is 1. The monoisotopic (exact) mass is 245 g/mol. The van der Waals surface area contributed by atoms with Crippen LogP contribution in [0.25, 0.3) is 0 Å². The third-order valence-electron chi connectivity index (χ3n) is 3.97. The lowest BCUT2D eigenvalue weighted by Gasteiger charge is -2.32. The smallest absolute Gasteiger partial charge is 0.254 e. The molecule has 16 heavy (non-hydrogen) atoms. The van der Waals surface area contributed by atoms with Crippen molar-refractivity contribution in [2.75, 3.05) is 19.0 Å². The number of rotatable bonds is 2. The predicted molar refractivity (Wildman–Crippen MR) is 63.6 cm³/mol. The molecule has 2 saturated heterocycles. The predicted octanol–water partition coefficient (Wildman–Crippen LogP) is 2.03. The number of carbonyl (C=O) groups excluding carboxylic acids is 1. The second-order valence-electron chi connectivity index (χ2n) is 5.17. The van der Waals surface area contributed by atoms with Crippen molar-refractivity contribution >= 4 is 17.5 Å². The molecule has 0 aromatic carbocycles. The molecule has 3 unspecified atom stereocenters. The zero-order chi connectivity index (χ0) is 11.8. The zero-order valence-corrected chi connectivity index (χ0v) is 10.8. The number of nitrogens with zero attached hydrogens (tertiary/aromatic N) is 1. The lowest BCUT2D eigenvalue weighted by molar-refractivity contribution is -0.151. The summed E-state index contributed by atoms with van der Waals surface area (Å²) in [5.41, 5.74) is -0.589. The van der Waals surface area contributed by atoms with E-state index in [1.165, 1.54) is 0 Å². The standard InChI is InChI=1S/C12H20ClNO2/c1-9-4-6-14(10(9)8-13)11(15)12(2)5-3-7-16-12/h9-10H,3-8H2,1-2H3. The van der Waals surface area contributed by atoms with E-state index in [4.69, 9.17) is 16.3 Å². The van der Waals surface area contributed by atoms with Gasteiger partial charge in [0.25, 0.3) is 5.91 Å².